The molecule has 2 N–H and O–H groups in total. The first-order valence-electron chi connectivity index (χ1n) is 13.8. The van der Waals surface area contributed by atoms with Crippen LogP contribution in [0.1, 0.15) is 52.0 Å². The van der Waals surface area contributed by atoms with Gasteiger partial charge in [0, 0.05) is 13.0 Å². The molecule has 1 aromatic heterocycles. The average Bonchev–Trinajstić information content (AvgIpc) is 3.47. The van der Waals surface area contributed by atoms with Crippen LogP contribution in [0, 0.1) is 0 Å². The first kappa shape index (κ1) is 25.4. The van der Waals surface area contributed by atoms with Gasteiger partial charge in [-0.05, 0) is 92.3 Å². The van der Waals surface area contributed by atoms with Gasteiger partial charge in [0.1, 0.15) is 0 Å². The van der Waals surface area contributed by atoms with Crippen molar-refractivity contribution in [1.82, 2.24) is 25.9 Å². The van der Waals surface area contributed by atoms with E-state index in [1.807, 2.05) is 12.1 Å². The molecule has 198 valence electrons. The summed E-state index contributed by atoms with van der Waals surface area (Å²) in [4.78, 5) is 12.7. The summed E-state index contributed by atoms with van der Waals surface area (Å²) >= 11 is 0. The molecule has 40 heavy (non-hydrogen) atoms. The summed E-state index contributed by atoms with van der Waals surface area (Å²) in [6, 6.07) is 34.0. The molecule has 6 rings (SSSR count). The predicted octanol–water partition coefficient (Wildman–Crippen LogP) is 6.19. The number of H-pyrrole nitrogens is 1. The Balaban J connectivity index is 1.09. The SMILES string of the molecule is O=C(CCCc1cccc(-c2ccccc2)c1)NCc1ccc2c(c1)CCc1ccccc1C2=Cc1nnn[nH]1. The van der Waals surface area contributed by atoms with Crippen molar-refractivity contribution in [3.63, 3.8) is 0 Å². The largest absolute Gasteiger partial charge is 0.352 e. The summed E-state index contributed by atoms with van der Waals surface area (Å²) in [7, 11) is 0. The number of hydrogen-bond donors (Lipinski definition) is 2. The zero-order valence-electron chi connectivity index (χ0n) is 22.3. The zero-order valence-corrected chi connectivity index (χ0v) is 22.3. The van der Waals surface area contributed by atoms with Gasteiger partial charge in [-0.15, -0.1) is 5.10 Å². The summed E-state index contributed by atoms with van der Waals surface area (Å²) < 4.78 is 0. The number of fused-ring (bicyclic) bond motifs is 2. The number of nitrogens with zero attached hydrogens (tertiary/aromatic N) is 3. The van der Waals surface area contributed by atoms with Gasteiger partial charge >= 0.3 is 0 Å². The molecular weight excluding hydrogens is 494 g/mol. The van der Waals surface area contributed by atoms with E-state index in [0.29, 0.717) is 18.8 Å². The lowest BCUT2D eigenvalue weighted by atomic mass is 9.92. The number of aromatic nitrogens is 4. The molecule has 1 amide bonds. The highest BCUT2D eigenvalue weighted by atomic mass is 16.1. The Morgan fingerprint density at radius 2 is 1.60 bits per heavy atom. The maximum atomic E-state index is 12.7. The number of benzene rings is 4. The number of amides is 1. The third kappa shape index (κ3) is 5.91. The van der Waals surface area contributed by atoms with E-state index in [0.717, 1.165) is 36.8 Å². The van der Waals surface area contributed by atoms with Crippen LogP contribution in [0.5, 0.6) is 0 Å². The van der Waals surface area contributed by atoms with Gasteiger partial charge in [-0.1, -0.05) is 97.1 Å². The van der Waals surface area contributed by atoms with Gasteiger partial charge in [0.15, 0.2) is 5.82 Å². The summed E-state index contributed by atoms with van der Waals surface area (Å²) in [6.07, 6.45) is 6.10. The van der Waals surface area contributed by atoms with E-state index in [4.69, 9.17) is 0 Å². The van der Waals surface area contributed by atoms with Crippen molar-refractivity contribution >= 4 is 17.6 Å². The van der Waals surface area contributed by atoms with E-state index in [-0.39, 0.29) is 5.91 Å². The number of hydrogen-bond acceptors (Lipinski definition) is 4. The first-order valence-corrected chi connectivity index (χ1v) is 13.8. The second-order valence-corrected chi connectivity index (χ2v) is 10.2. The molecule has 0 radical (unpaired) electrons. The second-order valence-electron chi connectivity index (χ2n) is 10.2. The van der Waals surface area contributed by atoms with Crippen molar-refractivity contribution in [2.45, 2.75) is 38.6 Å². The number of carbonyl (C=O) groups is 1. The van der Waals surface area contributed by atoms with E-state index in [2.05, 4.69) is 117 Å². The summed E-state index contributed by atoms with van der Waals surface area (Å²) in [5.74, 6) is 0.709. The molecule has 0 fully saturated rings. The Hall–Kier alpha value is -4.84. The van der Waals surface area contributed by atoms with Crippen LogP contribution in [0.15, 0.2) is 97.1 Å². The van der Waals surface area contributed by atoms with Gasteiger partial charge in [0.05, 0.1) is 0 Å². The van der Waals surface area contributed by atoms with E-state index < -0.39 is 0 Å². The number of nitrogens with one attached hydrogen (secondary N) is 2. The molecule has 1 aliphatic rings. The summed E-state index contributed by atoms with van der Waals surface area (Å²) in [6.45, 7) is 0.521. The Kier molecular flexibility index (Phi) is 7.57. The fourth-order valence-electron chi connectivity index (χ4n) is 5.44. The molecule has 4 aromatic carbocycles. The van der Waals surface area contributed by atoms with Gasteiger partial charge in [0.2, 0.25) is 5.91 Å². The highest BCUT2D eigenvalue weighted by Gasteiger charge is 2.19. The molecular formula is C34H31N5O. The van der Waals surface area contributed by atoms with Crippen molar-refractivity contribution < 1.29 is 4.79 Å². The minimum atomic E-state index is 0.0833. The molecule has 0 saturated carbocycles. The fourth-order valence-corrected chi connectivity index (χ4v) is 5.44. The molecule has 6 nitrogen and oxygen atoms in total. The summed E-state index contributed by atoms with van der Waals surface area (Å²) in [5.41, 5.74) is 10.8. The molecule has 0 unspecified atom stereocenters. The van der Waals surface area contributed by atoms with Gasteiger partial charge in [-0.2, -0.15) is 0 Å². The lowest BCUT2D eigenvalue weighted by molar-refractivity contribution is -0.121. The normalized spacial score (nSPS) is 13.3. The molecule has 0 bridgehead atoms. The Bertz CT molecular complexity index is 1640. The Labute approximate surface area is 234 Å². The molecule has 5 aromatic rings. The quantitative estimate of drug-likeness (QED) is 0.253. The number of aromatic amines is 1. The molecule has 1 heterocycles. The van der Waals surface area contributed by atoms with Crippen molar-refractivity contribution in [3.05, 3.63) is 136 Å². The molecule has 6 heteroatoms. The zero-order chi connectivity index (χ0) is 27.1. The molecule has 0 aliphatic heterocycles. The number of aryl methyl sites for hydroxylation is 3. The van der Waals surface area contributed by atoms with Crippen molar-refractivity contribution in [3.8, 4) is 11.1 Å². The van der Waals surface area contributed by atoms with E-state index in [1.165, 1.54) is 38.9 Å². The van der Waals surface area contributed by atoms with E-state index in [1.54, 1.807) is 0 Å². The highest BCUT2D eigenvalue weighted by molar-refractivity contribution is 5.93. The second kappa shape index (κ2) is 11.9. The fraction of sp³-hybridized carbons (Fsp3) is 0.176. The van der Waals surface area contributed by atoms with Gasteiger partial charge in [-0.25, -0.2) is 5.10 Å². The number of tetrazole rings is 1. The maximum absolute atomic E-state index is 12.7. The summed E-state index contributed by atoms with van der Waals surface area (Å²) in [5, 5.41) is 17.5. The minimum Gasteiger partial charge on any atom is -0.352 e. The molecule has 1 aliphatic carbocycles. The van der Waals surface area contributed by atoms with Crippen molar-refractivity contribution in [2.75, 3.05) is 0 Å². The van der Waals surface area contributed by atoms with Gasteiger partial charge in [-0.3, -0.25) is 4.79 Å². The van der Waals surface area contributed by atoms with Crippen LogP contribution in [0.3, 0.4) is 0 Å². The Morgan fingerprint density at radius 1 is 0.800 bits per heavy atom. The van der Waals surface area contributed by atoms with Crippen molar-refractivity contribution in [1.29, 1.82) is 0 Å². The third-order valence-corrected chi connectivity index (χ3v) is 7.47. The lowest BCUT2D eigenvalue weighted by Crippen LogP contribution is -2.22. The average molecular weight is 526 g/mol. The number of carbonyl (C=O) groups excluding carboxylic acids is 1. The lowest BCUT2D eigenvalue weighted by Gasteiger charge is -2.13. The topological polar surface area (TPSA) is 83.6 Å². The van der Waals surface area contributed by atoms with Crippen LogP contribution >= 0.6 is 0 Å². The minimum absolute atomic E-state index is 0.0833. The van der Waals surface area contributed by atoms with Crippen LogP contribution in [0.4, 0.5) is 0 Å². The number of rotatable bonds is 8. The van der Waals surface area contributed by atoms with Gasteiger partial charge < -0.3 is 5.32 Å². The van der Waals surface area contributed by atoms with Crippen LogP contribution in [-0.2, 0) is 30.6 Å². The smallest absolute Gasteiger partial charge is 0.220 e. The standard InChI is InChI=1S/C34H31N5O/c40-34(15-7-9-24-8-6-13-28(20-24)26-10-2-1-3-11-26)35-23-25-16-19-31-29(21-25)18-17-27-12-4-5-14-30(27)32(31)22-33-36-38-39-37-33/h1-6,8,10-14,16,19-22H,7,9,15,17-18,23H2,(H,35,40)(H,36,37,38,39). The van der Waals surface area contributed by atoms with Crippen LogP contribution in [0.2, 0.25) is 0 Å². The first-order chi connectivity index (χ1) is 19.7. The predicted molar refractivity (Wildman–Crippen MR) is 158 cm³/mol. The third-order valence-electron chi connectivity index (χ3n) is 7.47. The molecule has 0 atom stereocenters. The van der Waals surface area contributed by atoms with Crippen molar-refractivity contribution in [2.24, 2.45) is 0 Å². The van der Waals surface area contributed by atoms with E-state index >= 15 is 0 Å². The maximum Gasteiger partial charge on any atom is 0.220 e. The van der Waals surface area contributed by atoms with Crippen LogP contribution < -0.4 is 5.32 Å². The molecule has 0 saturated heterocycles. The van der Waals surface area contributed by atoms with Gasteiger partial charge in [0.25, 0.3) is 0 Å². The molecule has 0 spiro atoms. The Morgan fingerprint density at radius 3 is 2.48 bits per heavy atom. The van der Waals surface area contributed by atoms with Crippen LogP contribution in [0.25, 0.3) is 22.8 Å². The van der Waals surface area contributed by atoms with Crippen LogP contribution in [-0.4, -0.2) is 26.5 Å². The highest BCUT2D eigenvalue weighted by Crippen LogP contribution is 2.35. The monoisotopic (exact) mass is 525 g/mol. The van der Waals surface area contributed by atoms with E-state index in [9.17, 15) is 4.79 Å².